The Kier molecular flexibility index (Phi) is 38.0. The van der Waals surface area contributed by atoms with Gasteiger partial charge >= 0.3 is 0 Å². The number of unbranched alkanes of at least 4 members (excludes halogenated alkanes) is 19. The monoisotopic (exact) mass is 731 g/mol. The SMILES string of the molecule is CCCCC/C=C\C/C=C\CCCCCCCCCOCC(CSSCc1cnc[nH]1)OCCCCCCCC/C=C\C/C=C\CCCCC. The summed E-state index contributed by atoms with van der Waals surface area (Å²) in [5, 5.41) is 0. The van der Waals surface area contributed by atoms with E-state index in [-0.39, 0.29) is 6.10 Å². The van der Waals surface area contributed by atoms with Crippen LogP contribution < -0.4 is 0 Å². The molecule has 0 saturated heterocycles. The van der Waals surface area contributed by atoms with Crippen LogP contribution in [-0.2, 0) is 15.2 Å². The molecule has 0 spiro atoms. The Balaban J connectivity index is 2.04. The fourth-order valence-corrected chi connectivity index (χ4v) is 7.84. The second-order valence-electron chi connectivity index (χ2n) is 13.7. The molecule has 0 aromatic carbocycles. The van der Waals surface area contributed by atoms with Gasteiger partial charge in [-0.05, 0) is 77.0 Å². The van der Waals surface area contributed by atoms with Gasteiger partial charge in [0.15, 0.2) is 0 Å². The van der Waals surface area contributed by atoms with Crippen molar-refractivity contribution in [2.24, 2.45) is 0 Å². The summed E-state index contributed by atoms with van der Waals surface area (Å²) in [6.07, 6.45) is 54.6. The maximum absolute atomic E-state index is 6.33. The van der Waals surface area contributed by atoms with Gasteiger partial charge in [0.1, 0.15) is 0 Å². The van der Waals surface area contributed by atoms with Gasteiger partial charge in [0.05, 0.1) is 19.0 Å². The summed E-state index contributed by atoms with van der Waals surface area (Å²) < 4.78 is 12.5. The van der Waals surface area contributed by atoms with Crippen molar-refractivity contribution in [2.45, 2.75) is 186 Å². The maximum atomic E-state index is 6.33. The fraction of sp³-hybridized carbons (Fsp3) is 0.750. The molecule has 4 nitrogen and oxygen atoms in total. The Labute approximate surface area is 318 Å². The van der Waals surface area contributed by atoms with Crippen LogP contribution in [0.2, 0.25) is 0 Å². The normalized spacial score (nSPS) is 12.9. The molecule has 1 heterocycles. The third-order valence-corrected chi connectivity index (χ3v) is 11.2. The minimum atomic E-state index is 0.170. The predicted octanol–water partition coefficient (Wildman–Crippen LogP) is 14.7. The molecule has 0 fully saturated rings. The quantitative estimate of drug-likeness (QED) is 0.0415. The van der Waals surface area contributed by atoms with Crippen LogP contribution in [-0.4, -0.2) is 41.6 Å². The van der Waals surface area contributed by atoms with Crippen molar-refractivity contribution in [3.05, 3.63) is 66.8 Å². The second kappa shape index (κ2) is 40.6. The van der Waals surface area contributed by atoms with Gasteiger partial charge in [-0.15, -0.1) is 0 Å². The summed E-state index contributed by atoms with van der Waals surface area (Å²) in [4.78, 5) is 7.32. The number of H-pyrrole nitrogens is 1. The van der Waals surface area contributed by atoms with E-state index < -0.39 is 0 Å². The van der Waals surface area contributed by atoms with Crippen molar-refractivity contribution in [1.29, 1.82) is 0 Å². The average molecular weight is 731 g/mol. The number of imidazole rings is 1. The summed E-state index contributed by atoms with van der Waals surface area (Å²) in [5.41, 5.74) is 1.17. The highest BCUT2D eigenvalue weighted by molar-refractivity contribution is 8.76. The third-order valence-electron chi connectivity index (χ3n) is 8.85. The van der Waals surface area contributed by atoms with Gasteiger partial charge in [0.25, 0.3) is 0 Å². The van der Waals surface area contributed by atoms with E-state index in [1.54, 1.807) is 6.33 Å². The van der Waals surface area contributed by atoms with E-state index in [2.05, 4.69) is 72.4 Å². The zero-order chi connectivity index (χ0) is 35.7. The van der Waals surface area contributed by atoms with Crippen LogP contribution in [0.25, 0.3) is 0 Å². The molecule has 0 radical (unpaired) electrons. The average Bonchev–Trinajstić information content (AvgIpc) is 3.65. The minimum Gasteiger partial charge on any atom is -0.379 e. The number of nitrogens with one attached hydrogen (secondary N) is 1. The molecule has 1 atom stereocenters. The Hall–Kier alpha value is -1.21. The number of aromatic nitrogens is 2. The smallest absolute Gasteiger partial charge is 0.0921 e. The van der Waals surface area contributed by atoms with Gasteiger partial charge in [-0.3, -0.25) is 0 Å². The highest BCUT2D eigenvalue weighted by atomic mass is 33.1. The summed E-state index contributed by atoms with van der Waals surface area (Å²) in [6, 6.07) is 0. The fourth-order valence-electron chi connectivity index (χ4n) is 5.66. The first-order valence-electron chi connectivity index (χ1n) is 20.9. The van der Waals surface area contributed by atoms with Crippen molar-refractivity contribution in [2.75, 3.05) is 25.6 Å². The van der Waals surface area contributed by atoms with E-state index in [0.29, 0.717) is 6.61 Å². The molecule has 1 aromatic rings. The molecular formula is C44H78N2O2S2. The molecule has 0 bridgehead atoms. The van der Waals surface area contributed by atoms with Crippen LogP contribution in [0.1, 0.15) is 180 Å². The lowest BCUT2D eigenvalue weighted by molar-refractivity contribution is -0.00609. The zero-order valence-electron chi connectivity index (χ0n) is 32.6. The number of rotatable bonds is 39. The molecule has 0 aliphatic heterocycles. The molecule has 50 heavy (non-hydrogen) atoms. The molecule has 0 saturated carbocycles. The van der Waals surface area contributed by atoms with E-state index in [1.165, 1.54) is 141 Å². The first kappa shape index (κ1) is 46.8. The number of nitrogens with zero attached hydrogens (tertiary/aromatic N) is 1. The molecule has 0 amide bonds. The first-order valence-corrected chi connectivity index (χ1v) is 23.4. The highest BCUT2D eigenvalue weighted by Gasteiger charge is 2.11. The Morgan fingerprint density at radius 2 is 1.06 bits per heavy atom. The van der Waals surface area contributed by atoms with Crippen LogP contribution in [0, 0.1) is 0 Å². The molecule has 1 unspecified atom stereocenters. The minimum absolute atomic E-state index is 0.170. The molecule has 288 valence electrons. The van der Waals surface area contributed by atoms with E-state index in [4.69, 9.17) is 9.47 Å². The number of ether oxygens (including phenoxy) is 2. The zero-order valence-corrected chi connectivity index (χ0v) is 34.3. The van der Waals surface area contributed by atoms with Gasteiger partial charge in [-0.25, -0.2) is 4.98 Å². The van der Waals surface area contributed by atoms with E-state index in [1.807, 2.05) is 27.8 Å². The highest BCUT2D eigenvalue weighted by Crippen LogP contribution is 2.26. The van der Waals surface area contributed by atoms with Crippen molar-refractivity contribution in [1.82, 2.24) is 9.97 Å². The number of hydrogen-bond acceptors (Lipinski definition) is 5. The molecule has 6 heteroatoms. The van der Waals surface area contributed by atoms with E-state index in [0.717, 1.165) is 50.4 Å². The molecular weight excluding hydrogens is 653 g/mol. The number of allylic oxidation sites excluding steroid dienone is 8. The Morgan fingerprint density at radius 3 is 1.56 bits per heavy atom. The van der Waals surface area contributed by atoms with Crippen LogP contribution in [0.3, 0.4) is 0 Å². The van der Waals surface area contributed by atoms with Crippen LogP contribution in [0.15, 0.2) is 61.1 Å². The summed E-state index contributed by atoms with van der Waals surface area (Å²) in [7, 11) is 3.75. The van der Waals surface area contributed by atoms with Crippen LogP contribution in [0.4, 0.5) is 0 Å². The Morgan fingerprint density at radius 1 is 0.580 bits per heavy atom. The van der Waals surface area contributed by atoms with Crippen molar-refractivity contribution < 1.29 is 9.47 Å². The second-order valence-corrected chi connectivity index (χ2v) is 16.2. The molecule has 1 N–H and O–H groups in total. The van der Waals surface area contributed by atoms with Crippen LogP contribution >= 0.6 is 21.6 Å². The number of hydrogen-bond donors (Lipinski definition) is 1. The van der Waals surface area contributed by atoms with E-state index >= 15 is 0 Å². The summed E-state index contributed by atoms with van der Waals surface area (Å²) >= 11 is 0. The lowest BCUT2D eigenvalue weighted by atomic mass is 10.1. The summed E-state index contributed by atoms with van der Waals surface area (Å²) in [5.74, 6) is 1.91. The van der Waals surface area contributed by atoms with Gasteiger partial charge in [-0.1, -0.05) is 168 Å². The lowest BCUT2D eigenvalue weighted by Crippen LogP contribution is -2.23. The molecule has 0 aliphatic carbocycles. The largest absolute Gasteiger partial charge is 0.379 e. The van der Waals surface area contributed by atoms with Crippen molar-refractivity contribution in [3.8, 4) is 0 Å². The lowest BCUT2D eigenvalue weighted by Gasteiger charge is -2.18. The van der Waals surface area contributed by atoms with Crippen molar-refractivity contribution >= 4 is 21.6 Å². The van der Waals surface area contributed by atoms with Gasteiger partial charge < -0.3 is 14.5 Å². The molecule has 0 aliphatic rings. The summed E-state index contributed by atoms with van der Waals surface area (Å²) in [6.45, 7) is 6.94. The van der Waals surface area contributed by atoms with Crippen LogP contribution in [0.5, 0.6) is 0 Å². The molecule has 1 rings (SSSR count). The van der Waals surface area contributed by atoms with Gasteiger partial charge in [0.2, 0.25) is 0 Å². The predicted molar refractivity (Wildman–Crippen MR) is 226 cm³/mol. The topological polar surface area (TPSA) is 47.1 Å². The third kappa shape index (κ3) is 35.2. The number of aromatic amines is 1. The molecule has 1 aromatic heterocycles. The van der Waals surface area contributed by atoms with Gasteiger partial charge in [-0.2, -0.15) is 0 Å². The van der Waals surface area contributed by atoms with E-state index in [9.17, 15) is 0 Å². The standard InChI is InChI=1S/C44H78N2O2S2/c1-3-5-7-9-11-13-15-17-19-21-22-24-26-28-30-32-34-36-47-39-44(41-50-49-40-43-38-45-42-46-43)48-37-35-33-31-29-27-25-23-20-18-16-14-12-10-8-6-4-2/h11-14,17-20,38,42,44H,3-10,15-16,21-37,39-41H2,1-2H3,(H,45,46)/b13-11-,14-12-,19-17-,20-18-. The van der Waals surface area contributed by atoms with Crippen molar-refractivity contribution in [3.63, 3.8) is 0 Å². The van der Waals surface area contributed by atoms with Gasteiger partial charge in [0, 0.05) is 36.6 Å². The first-order chi connectivity index (χ1) is 24.9. The maximum Gasteiger partial charge on any atom is 0.0921 e. The Bertz CT molecular complexity index is 900.